The second-order valence-corrected chi connectivity index (χ2v) is 6.05. The number of rotatable bonds is 5. The lowest BCUT2D eigenvalue weighted by Gasteiger charge is -2.11. The molecule has 0 spiro atoms. The molecule has 25 heavy (non-hydrogen) atoms. The first-order valence-electron chi connectivity index (χ1n) is 8.44. The number of aromatic nitrogens is 1. The molecule has 0 saturated carbocycles. The van der Waals surface area contributed by atoms with E-state index >= 15 is 0 Å². The predicted octanol–water partition coefficient (Wildman–Crippen LogP) is 2.69. The number of hydrogen-bond donors (Lipinski definition) is 2. The summed E-state index contributed by atoms with van der Waals surface area (Å²) >= 11 is 0. The highest BCUT2D eigenvalue weighted by molar-refractivity contribution is 5.95. The number of nitrogens with one attached hydrogen (secondary N) is 2. The van der Waals surface area contributed by atoms with Crippen LogP contribution < -0.4 is 5.32 Å². The van der Waals surface area contributed by atoms with Crippen molar-refractivity contribution in [3.05, 3.63) is 47.3 Å². The molecule has 132 valence electrons. The molecule has 6 heteroatoms. The quantitative estimate of drug-likeness (QED) is 0.819. The van der Waals surface area contributed by atoms with Crippen molar-refractivity contribution in [2.45, 2.75) is 26.3 Å². The van der Waals surface area contributed by atoms with Crippen LogP contribution >= 0.6 is 0 Å². The Morgan fingerprint density at radius 2 is 2.08 bits per heavy atom. The third-order valence-corrected chi connectivity index (χ3v) is 4.23. The monoisotopic (exact) mass is 342 g/mol. The Labute approximate surface area is 146 Å². The lowest BCUT2D eigenvalue weighted by molar-refractivity contribution is 0.0520. The molecule has 2 N–H and O–H groups in total. The molecule has 1 atom stereocenters. The van der Waals surface area contributed by atoms with E-state index in [-0.39, 0.29) is 17.9 Å². The van der Waals surface area contributed by atoms with Crippen molar-refractivity contribution in [3.63, 3.8) is 0 Å². The van der Waals surface area contributed by atoms with Gasteiger partial charge in [-0.05, 0) is 44.0 Å². The minimum atomic E-state index is -0.369. The molecule has 1 saturated heterocycles. The lowest BCUT2D eigenvalue weighted by Crippen LogP contribution is -2.34. The van der Waals surface area contributed by atoms with Crippen LogP contribution in [0.25, 0.3) is 11.1 Å². The molecule has 0 unspecified atom stereocenters. The van der Waals surface area contributed by atoms with Crippen LogP contribution in [0.5, 0.6) is 0 Å². The van der Waals surface area contributed by atoms with Gasteiger partial charge in [0.15, 0.2) is 0 Å². The second kappa shape index (κ2) is 7.53. The summed E-state index contributed by atoms with van der Waals surface area (Å²) in [5.41, 5.74) is 3.76. The Morgan fingerprint density at radius 1 is 1.32 bits per heavy atom. The standard InChI is InChI=1S/C19H22N2O4/c1-3-25-19(23)17-10-16(12(2)20-17)13-4-6-14(7-5-13)18(22)21-15-8-9-24-11-15/h4-7,10,15,20H,3,8-9,11H2,1-2H3,(H,21,22)/t15-/m1/s1. The largest absolute Gasteiger partial charge is 0.461 e. The summed E-state index contributed by atoms with van der Waals surface area (Å²) < 4.78 is 10.3. The normalized spacial score (nSPS) is 16.6. The van der Waals surface area contributed by atoms with Gasteiger partial charge in [-0.2, -0.15) is 0 Å². The highest BCUT2D eigenvalue weighted by Crippen LogP contribution is 2.25. The minimum absolute atomic E-state index is 0.0891. The van der Waals surface area contributed by atoms with Crippen molar-refractivity contribution in [3.8, 4) is 11.1 Å². The Kier molecular flexibility index (Phi) is 5.19. The van der Waals surface area contributed by atoms with Crippen molar-refractivity contribution < 1.29 is 19.1 Å². The SMILES string of the molecule is CCOC(=O)c1cc(-c2ccc(C(=O)N[C@@H]3CCOC3)cc2)c(C)[nH]1. The van der Waals surface area contributed by atoms with Gasteiger partial charge in [-0.3, -0.25) is 4.79 Å². The zero-order chi connectivity index (χ0) is 17.8. The van der Waals surface area contributed by atoms with Crippen LogP contribution in [-0.4, -0.2) is 42.7 Å². The van der Waals surface area contributed by atoms with Crippen LogP contribution in [0.4, 0.5) is 0 Å². The maximum Gasteiger partial charge on any atom is 0.354 e. The summed E-state index contributed by atoms with van der Waals surface area (Å²) in [4.78, 5) is 27.1. The van der Waals surface area contributed by atoms with Gasteiger partial charge in [0.2, 0.25) is 0 Å². The van der Waals surface area contributed by atoms with Crippen LogP contribution in [0, 0.1) is 6.92 Å². The molecular formula is C19H22N2O4. The van der Waals surface area contributed by atoms with E-state index in [4.69, 9.17) is 9.47 Å². The number of esters is 1. The van der Waals surface area contributed by atoms with Gasteiger partial charge in [-0.15, -0.1) is 0 Å². The number of hydrogen-bond acceptors (Lipinski definition) is 4. The van der Waals surface area contributed by atoms with Crippen molar-refractivity contribution in [2.24, 2.45) is 0 Å². The smallest absolute Gasteiger partial charge is 0.354 e. The van der Waals surface area contributed by atoms with Gasteiger partial charge in [-0.25, -0.2) is 4.79 Å². The number of carbonyl (C=O) groups excluding carboxylic acids is 2. The maximum absolute atomic E-state index is 12.2. The highest BCUT2D eigenvalue weighted by Gasteiger charge is 2.19. The average molecular weight is 342 g/mol. The van der Waals surface area contributed by atoms with Gasteiger partial charge in [0.1, 0.15) is 5.69 Å². The van der Waals surface area contributed by atoms with Gasteiger partial charge in [0, 0.05) is 23.4 Å². The summed E-state index contributed by atoms with van der Waals surface area (Å²) in [6.45, 7) is 5.28. The fraction of sp³-hybridized carbons (Fsp3) is 0.368. The third kappa shape index (κ3) is 3.91. The Balaban J connectivity index is 1.73. The molecule has 1 amide bonds. The number of ether oxygens (including phenoxy) is 2. The van der Waals surface area contributed by atoms with Crippen LogP contribution in [0.3, 0.4) is 0 Å². The maximum atomic E-state index is 12.2. The molecule has 0 aliphatic carbocycles. The van der Waals surface area contributed by atoms with Gasteiger partial charge >= 0.3 is 5.97 Å². The molecule has 1 aliphatic rings. The molecule has 0 bridgehead atoms. The number of aromatic amines is 1. The van der Waals surface area contributed by atoms with Crippen molar-refractivity contribution in [2.75, 3.05) is 19.8 Å². The number of carbonyl (C=O) groups is 2. The van der Waals surface area contributed by atoms with Crippen LogP contribution in [0.1, 0.15) is 39.9 Å². The first-order valence-corrected chi connectivity index (χ1v) is 8.44. The summed E-state index contributed by atoms with van der Waals surface area (Å²) in [6.07, 6.45) is 0.850. The Hall–Kier alpha value is -2.60. The third-order valence-electron chi connectivity index (χ3n) is 4.23. The van der Waals surface area contributed by atoms with Gasteiger partial charge in [-0.1, -0.05) is 12.1 Å². The van der Waals surface area contributed by atoms with E-state index in [2.05, 4.69) is 10.3 Å². The summed E-state index contributed by atoms with van der Waals surface area (Å²) in [5, 5.41) is 2.97. The molecule has 2 aromatic rings. The van der Waals surface area contributed by atoms with Gasteiger partial charge < -0.3 is 19.8 Å². The fourth-order valence-electron chi connectivity index (χ4n) is 2.89. The summed E-state index contributed by atoms with van der Waals surface area (Å²) in [5.74, 6) is -0.466. The Morgan fingerprint density at radius 3 is 2.72 bits per heavy atom. The van der Waals surface area contributed by atoms with Crippen molar-refractivity contribution in [1.82, 2.24) is 10.3 Å². The van der Waals surface area contributed by atoms with Gasteiger partial charge in [0.25, 0.3) is 5.91 Å². The van der Waals surface area contributed by atoms with Crippen molar-refractivity contribution >= 4 is 11.9 Å². The molecule has 3 rings (SSSR count). The molecule has 1 aromatic carbocycles. The average Bonchev–Trinajstić information content (AvgIpc) is 3.25. The molecule has 6 nitrogen and oxygen atoms in total. The minimum Gasteiger partial charge on any atom is -0.461 e. The summed E-state index contributed by atoms with van der Waals surface area (Å²) in [7, 11) is 0. The van der Waals surface area contributed by atoms with E-state index in [1.807, 2.05) is 19.1 Å². The number of H-pyrrole nitrogens is 1. The number of aryl methyl sites for hydroxylation is 1. The molecule has 1 aliphatic heterocycles. The number of amides is 1. The van der Waals surface area contributed by atoms with Crippen LogP contribution in [0.15, 0.2) is 30.3 Å². The molecule has 1 aromatic heterocycles. The van der Waals surface area contributed by atoms with E-state index < -0.39 is 0 Å². The fourth-order valence-corrected chi connectivity index (χ4v) is 2.89. The predicted molar refractivity (Wildman–Crippen MR) is 93.6 cm³/mol. The molecule has 1 fully saturated rings. The second-order valence-electron chi connectivity index (χ2n) is 6.05. The van der Waals surface area contributed by atoms with E-state index in [1.165, 1.54) is 0 Å². The van der Waals surface area contributed by atoms with Gasteiger partial charge in [0.05, 0.1) is 19.3 Å². The molecule has 2 heterocycles. The highest BCUT2D eigenvalue weighted by atomic mass is 16.5. The topological polar surface area (TPSA) is 80.4 Å². The van der Waals surface area contributed by atoms with E-state index in [0.29, 0.717) is 31.1 Å². The first-order chi connectivity index (χ1) is 12.1. The van der Waals surface area contributed by atoms with Crippen molar-refractivity contribution in [1.29, 1.82) is 0 Å². The summed E-state index contributed by atoms with van der Waals surface area (Å²) in [6, 6.07) is 9.20. The van der Waals surface area contributed by atoms with Crippen LogP contribution in [-0.2, 0) is 9.47 Å². The molecule has 0 radical (unpaired) electrons. The zero-order valence-electron chi connectivity index (χ0n) is 14.4. The first kappa shape index (κ1) is 17.2. The van der Waals surface area contributed by atoms with E-state index in [0.717, 1.165) is 23.2 Å². The lowest BCUT2D eigenvalue weighted by atomic mass is 10.0. The Bertz CT molecular complexity index is 758. The van der Waals surface area contributed by atoms with E-state index in [1.54, 1.807) is 25.1 Å². The zero-order valence-corrected chi connectivity index (χ0v) is 14.4. The van der Waals surface area contributed by atoms with E-state index in [9.17, 15) is 9.59 Å². The molecular weight excluding hydrogens is 320 g/mol. The van der Waals surface area contributed by atoms with Crippen LogP contribution in [0.2, 0.25) is 0 Å². The number of benzene rings is 1.